The smallest absolute Gasteiger partial charge is 0.319 e. The highest BCUT2D eigenvalue weighted by Gasteiger charge is 2.25. The number of amides is 1. The number of nitrogens with zero attached hydrogens (tertiary/aromatic N) is 1. The molecule has 1 aromatic carbocycles. The molecule has 5 nitrogen and oxygen atoms in total. The number of hydrogen-bond donors (Lipinski definition) is 1. The molecule has 14 heavy (non-hydrogen) atoms. The van der Waals surface area contributed by atoms with Crippen molar-refractivity contribution in [3.63, 3.8) is 0 Å². The van der Waals surface area contributed by atoms with Crippen molar-refractivity contribution in [2.75, 3.05) is 5.32 Å². The molecule has 1 atom stereocenters. The summed E-state index contributed by atoms with van der Waals surface area (Å²) in [6.07, 6.45) is 0. The van der Waals surface area contributed by atoms with E-state index < -0.39 is 15.8 Å². The molecule has 1 unspecified atom stereocenters. The molecule has 1 amide bonds. The minimum Gasteiger partial charge on any atom is -0.319 e. The first-order chi connectivity index (χ1) is 6.61. The van der Waals surface area contributed by atoms with E-state index in [2.05, 4.69) is 21.2 Å². The van der Waals surface area contributed by atoms with Crippen LogP contribution >= 0.6 is 15.9 Å². The summed E-state index contributed by atoms with van der Waals surface area (Å²) in [5.74, 6) is -0.693. The Bertz CT molecular complexity index is 342. The van der Waals surface area contributed by atoms with Crippen LogP contribution in [0.3, 0.4) is 0 Å². The molecule has 0 saturated carbocycles. The summed E-state index contributed by atoms with van der Waals surface area (Å²) in [6, 6.07) is 8.54. The molecule has 0 saturated heterocycles. The number of anilines is 1. The van der Waals surface area contributed by atoms with E-state index in [1.807, 2.05) is 0 Å². The average molecular weight is 259 g/mol. The number of nitrogens with one attached hydrogen (secondary N) is 1. The van der Waals surface area contributed by atoms with E-state index in [1.165, 1.54) is 0 Å². The largest absolute Gasteiger partial charge is 0.342 e. The second-order valence-corrected chi connectivity index (χ2v) is 3.34. The number of benzene rings is 1. The van der Waals surface area contributed by atoms with E-state index in [-0.39, 0.29) is 0 Å². The fourth-order valence-corrected chi connectivity index (χ4v) is 0.933. The standard InChI is InChI=1S/C8H7BrN2O3/c9-7(11(13)14)8(12)10-6-4-2-1-3-5-6/h1-5,7H,(H,10,12). The van der Waals surface area contributed by atoms with E-state index in [1.54, 1.807) is 30.3 Å². The number of alkyl halides is 1. The number of nitro groups is 1. The third kappa shape index (κ3) is 2.81. The number of carbonyl (C=O) groups is 1. The molecule has 74 valence electrons. The first-order valence-corrected chi connectivity index (χ1v) is 4.66. The van der Waals surface area contributed by atoms with E-state index in [4.69, 9.17) is 0 Å². The Morgan fingerprint density at radius 3 is 2.50 bits per heavy atom. The Balaban J connectivity index is 2.62. The van der Waals surface area contributed by atoms with Crippen molar-refractivity contribution in [1.82, 2.24) is 0 Å². The molecule has 1 N–H and O–H groups in total. The maximum Gasteiger partial charge on any atom is 0.342 e. The zero-order valence-corrected chi connectivity index (χ0v) is 8.60. The maximum atomic E-state index is 11.2. The predicted octanol–water partition coefficient (Wildman–Crippen LogP) is 1.62. The molecule has 6 heteroatoms. The van der Waals surface area contributed by atoms with Gasteiger partial charge in [-0.25, -0.2) is 0 Å². The topological polar surface area (TPSA) is 72.2 Å². The molecule has 1 aromatic rings. The molecule has 0 spiro atoms. The van der Waals surface area contributed by atoms with E-state index in [0.29, 0.717) is 5.69 Å². The van der Waals surface area contributed by atoms with Gasteiger partial charge >= 0.3 is 10.9 Å². The highest BCUT2D eigenvalue weighted by atomic mass is 79.9. The van der Waals surface area contributed by atoms with Gasteiger partial charge in [0.1, 0.15) is 0 Å². The highest BCUT2D eigenvalue weighted by molar-refractivity contribution is 9.09. The number of carbonyl (C=O) groups excluding carboxylic acids is 1. The number of para-hydroxylation sites is 1. The lowest BCUT2D eigenvalue weighted by molar-refractivity contribution is -0.479. The summed E-state index contributed by atoms with van der Waals surface area (Å²) in [4.78, 5) is 19.3. The number of halogens is 1. The van der Waals surface area contributed by atoms with Crippen LogP contribution in [0.5, 0.6) is 0 Å². The second-order valence-electron chi connectivity index (χ2n) is 2.48. The Morgan fingerprint density at radius 2 is 2.00 bits per heavy atom. The van der Waals surface area contributed by atoms with Crippen molar-refractivity contribution in [3.8, 4) is 0 Å². The van der Waals surface area contributed by atoms with Gasteiger partial charge in [0.15, 0.2) is 0 Å². The van der Waals surface area contributed by atoms with Gasteiger partial charge in [-0.15, -0.1) is 0 Å². The summed E-state index contributed by atoms with van der Waals surface area (Å²) in [5.41, 5.74) is 0.531. The van der Waals surface area contributed by atoms with Gasteiger partial charge in [0.2, 0.25) is 0 Å². The van der Waals surface area contributed by atoms with Crippen LogP contribution < -0.4 is 5.32 Å². The van der Waals surface area contributed by atoms with Gasteiger partial charge in [-0.2, -0.15) is 0 Å². The first-order valence-electron chi connectivity index (χ1n) is 3.75. The zero-order chi connectivity index (χ0) is 10.6. The first kappa shape index (κ1) is 10.6. The van der Waals surface area contributed by atoms with Crippen LogP contribution in [-0.4, -0.2) is 15.8 Å². The summed E-state index contributed by atoms with van der Waals surface area (Å²) in [5, 5.41) is 12.6. The van der Waals surface area contributed by atoms with Crippen LogP contribution in [0.4, 0.5) is 5.69 Å². The molecule has 0 bridgehead atoms. The third-order valence-corrected chi connectivity index (χ3v) is 2.19. The third-order valence-electron chi connectivity index (χ3n) is 1.44. The van der Waals surface area contributed by atoms with Gasteiger partial charge in [0.25, 0.3) is 0 Å². The number of hydrogen-bond acceptors (Lipinski definition) is 3. The van der Waals surface area contributed by atoms with Gasteiger partial charge < -0.3 is 5.32 Å². The monoisotopic (exact) mass is 258 g/mol. The molecule has 0 aliphatic heterocycles. The number of rotatable bonds is 3. The van der Waals surface area contributed by atoms with Crippen LogP contribution in [0, 0.1) is 10.1 Å². The minimum atomic E-state index is -1.41. The minimum absolute atomic E-state index is 0.531. The maximum absolute atomic E-state index is 11.2. The Labute approximate surface area is 88.4 Å². The van der Waals surface area contributed by atoms with E-state index in [0.717, 1.165) is 0 Å². The Morgan fingerprint density at radius 1 is 1.43 bits per heavy atom. The van der Waals surface area contributed by atoms with Crippen molar-refractivity contribution in [2.24, 2.45) is 0 Å². The van der Waals surface area contributed by atoms with Gasteiger partial charge in [0.05, 0.1) is 0 Å². The molecule has 1 rings (SSSR count). The summed E-state index contributed by atoms with van der Waals surface area (Å²) < 4.78 is 0. The summed E-state index contributed by atoms with van der Waals surface area (Å²) in [6.45, 7) is 0. The Kier molecular flexibility index (Phi) is 3.58. The second kappa shape index (κ2) is 4.71. The van der Waals surface area contributed by atoms with Gasteiger partial charge in [-0.05, 0) is 12.1 Å². The normalized spacial score (nSPS) is 11.8. The Hall–Kier alpha value is -1.43. The summed E-state index contributed by atoms with van der Waals surface area (Å²) in [7, 11) is 0. The zero-order valence-electron chi connectivity index (χ0n) is 7.01. The van der Waals surface area contributed by atoms with Gasteiger partial charge in [0, 0.05) is 26.5 Å². The fourth-order valence-electron chi connectivity index (χ4n) is 0.819. The van der Waals surface area contributed by atoms with Gasteiger partial charge in [-0.1, -0.05) is 18.2 Å². The van der Waals surface area contributed by atoms with Crippen molar-refractivity contribution < 1.29 is 9.72 Å². The fraction of sp³-hybridized carbons (Fsp3) is 0.125. The van der Waals surface area contributed by atoms with Crippen molar-refractivity contribution >= 4 is 27.5 Å². The van der Waals surface area contributed by atoms with Gasteiger partial charge in [-0.3, -0.25) is 14.9 Å². The molecule has 0 fully saturated rings. The van der Waals surface area contributed by atoms with Crippen LogP contribution in [0.1, 0.15) is 0 Å². The lowest BCUT2D eigenvalue weighted by atomic mass is 10.3. The highest BCUT2D eigenvalue weighted by Crippen LogP contribution is 2.08. The van der Waals surface area contributed by atoms with Crippen molar-refractivity contribution in [1.29, 1.82) is 0 Å². The van der Waals surface area contributed by atoms with E-state index in [9.17, 15) is 14.9 Å². The molecule has 0 radical (unpaired) electrons. The van der Waals surface area contributed by atoms with Crippen LogP contribution in [-0.2, 0) is 4.79 Å². The molecule has 0 aromatic heterocycles. The summed E-state index contributed by atoms with van der Waals surface area (Å²) >= 11 is 2.65. The van der Waals surface area contributed by atoms with Crippen LogP contribution in [0.2, 0.25) is 0 Å². The van der Waals surface area contributed by atoms with Crippen LogP contribution in [0.15, 0.2) is 30.3 Å². The lowest BCUT2D eigenvalue weighted by Crippen LogP contribution is -2.29. The van der Waals surface area contributed by atoms with Crippen LogP contribution in [0.25, 0.3) is 0 Å². The van der Waals surface area contributed by atoms with E-state index >= 15 is 0 Å². The SMILES string of the molecule is O=C(Nc1ccccc1)C(Br)[N+](=O)[O-]. The molecular formula is C8H7BrN2O3. The molecule has 0 heterocycles. The lowest BCUT2D eigenvalue weighted by Gasteiger charge is -2.04. The molecule has 0 aliphatic rings. The molecular weight excluding hydrogens is 252 g/mol. The molecule has 0 aliphatic carbocycles. The predicted molar refractivity (Wildman–Crippen MR) is 54.8 cm³/mol. The van der Waals surface area contributed by atoms with Crippen molar-refractivity contribution in [2.45, 2.75) is 4.95 Å². The average Bonchev–Trinajstić information content (AvgIpc) is 2.18. The quantitative estimate of drug-likeness (QED) is 0.388. The van der Waals surface area contributed by atoms with Crippen molar-refractivity contribution in [3.05, 3.63) is 40.4 Å².